The number of para-hydroxylation sites is 2. The number of nitrogens with zero attached hydrogens (tertiary/aromatic N) is 2. The van der Waals surface area contributed by atoms with Crippen LogP contribution in [-0.2, 0) is 7.05 Å². The predicted molar refractivity (Wildman–Crippen MR) is 94.9 cm³/mol. The molecule has 3 aromatic carbocycles. The molecular formula is C20H18N2. The van der Waals surface area contributed by atoms with Crippen LogP contribution in [0.15, 0.2) is 72.8 Å². The lowest BCUT2D eigenvalue weighted by atomic mass is 10.1. The number of fused-ring (bicyclic) bond motifs is 3. The maximum absolute atomic E-state index is 2.27. The van der Waals surface area contributed by atoms with Crippen LogP contribution in [0.4, 0.5) is 11.4 Å². The van der Waals surface area contributed by atoms with Gasteiger partial charge in [-0.2, -0.15) is 0 Å². The van der Waals surface area contributed by atoms with Crippen molar-refractivity contribution in [1.29, 1.82) is 0 Å². The molecule has 2 heteroatoms. The number of aryl methyl sites for hydroxylation is 1. The van der Waals surface area contributed by atoms with Crippen LogP contribution in [0.5, 0.6) is 0 Å². The number of benzene rings is 3. The Kier molecular flexibility index (Phi) is 2.90. The average Bonchev–Trinajstić information content (AvgIpc) is 2.89. The Bertz CT molecular complexity index is 951. The van der Waals surface area contributed by atoms with Gasteiger partial charge in [-0.15, -0.1) is 0 Å². The molecule has 0 saturated heterocycles. The van der Waals surface area contributed by atoms with E-state index < -0.39 is 0 Å². The van der Waals surface area contributed by atoms with Crippen molar-refractivity contribution < 1.29 is 0 Å². The minimum absolute atomic E-state index is 1.20. The Morgan fingerprint density at radius 1 is 0.727 bits per heavy atom. The van der Waals surface area contributed by atoms with Gasteiger partial charge >= 0.3 is 0 Å². The molecule has 0 amide bonds. The van der Waals surface area contributed by atoms with E-state index >= 15 is 0 Å². The second-order valence-electron chi connectivity index (χ2n) is 5.64. The summed E-state index contributed by atoms with van der Waals surface area (Å²) in [6.45, 7) is 0. The van der Waals surface area contributed by atoms with Gasteiger partial charge in [0.15, 0.2) is 0 Å². The molecule has 1 heterocycles. The summed E-state index contributed by atoms with van der Waals surface area (Å²) in [5, 5.41) is 2.62. The van der Waals surface area contributed by atoms with Gasteiger partial charge < -0.3 is 9.47 Å². The van der Waals surface area contributed by atoms with E-state index in [0.29, 0.717) is 0 Å². The van der Waals surface area contributed by atoms with Gasteiger partial charge in [0, 0.05) is 36.1 Å². The van der Waals surface area contributed by atoms with Crippen LogP contribution < -0.4 is 4.90 Å². The van der Waals surface area contributed by atoms with Gasteiger partial charge in [-0.05, 0) is 30.3 Å². The summed E-state index contributed by atoms with van der Waals surface area (Å²) in [6.07, 6.45) is 0. The first kappa shape index (κ1) is 13.0. The second-order valence-corrected chi connectivity index (χ2v) is 5.64. The third kappa shape index (κ3) is 1.81. The molecule has 4 aromatic rings. The highest BCUT2D eigenvalue weighted by atomic mass is 15.1. The molecule has 2 nitrogen and oxygen atoms in total. The fourth-order valence-corrected chi connectivity index (χ4v) is 3.26. The van der Waals surface area contributed by atoms with Crippen molar-refractivity contribution in [1.82, 2.24) is 4.57 Å². The Balaban J connectivity index is 2.05. The molecule has 4 rings (SSSR count). The summed E-state index contributed by atoms with van der Waals surface area (Å²) in [7, 11) is 4.27. The maximum Gasteiger partial charge on any atom is 0.0509 e. The van der Waals surface area contributed by atoms with Crippen LogP contribution in [0.2, 0.25) is 0 Å². The molecule has 0 atom stereocenters. The van der Waals surface area contributed by atoms with Gasteiger partial charge in [-0.3, -0.25) is 0 Å². The van der Waals surface area contributed by atoms with Crippen molar-refractivity contribution in [3.05, 3.63) is 72.8 Å². The third-order valence-electron chi connectivity index (χ3n) is 4.42. The van der Waals surface area contributed by atoms with Gasteiger partial charge in [-0.1, -0.05) is 42.5 Å². The highest BCUT2D eigenvalue weighted by molar-refractivity contribution is 6.14. The van der Waals surface area contributed by atoms with Crippen LogP contribution in [-0.4, -0.2) is 11.6 Å². The quantitative estimate of drug-likeness (QED) is 0.498. The minimum Gasteiger partial charge on any atom is -0.344 e. The van der Waals surface area contributed by atoms with Crippen molar-refractivity contribution in [3.8, 4) is 0 Å². The lowest BCUT2D eigenvalue weighted by molar-refractivity contribution is 1.01. The molecule has 108 valence electrons. The number of hydrogen-bond donors (Lipinski definition) is 0. The van der Waals surface area contributed by atoms with Gasteiger partial charge in [0.25, 0.3) is 0 Å². The van der Waals surface area contributed by atoms with E-state index in [9.17, 15) is 0 Å². The van der Waals surface area contributed by atoms with Crippen molar-refractivity contribution in [2.75, 3.05) is 11.9 Å². The smallest absolute Gasteiger partial charge is 0.0509 e. The standard InChI is InChI=1S/C20H18N2/c1-21(15-9-4-3-5-10-15)18-13-8-14-19-20(18)16-11-6-7-12-17(16)22(19)2/h3-14H,1-2H3. The van der Waals surface area contributed by atoms with E-state index in [-0.39, 0.29) is 0 Å². The molecule has 0 bridgehead atoms. The molecule has 0 N–H and O–H groups in total. The zero-order valence-corrected chi connectivity index (χ0v) is 12.8. The summed E-state index contributed by atoms with van der Waals surface area (Å²) in [5.41, 5.74) is 4.97. The molecule has 0 unspecified atom stereocenters. The third-order valence-corrected chi connectivity index (χ3v) is 4.42. The fraction of sp³-hybridized carbons (Fsp3) is 0.100. The first-order valence-corrected chi connectivity index (χ1v) is 7.52. The molecule has 0 aliphatic rings. The van der Waals surface area contributed by atoms with E-state index in [0.717, 1.165) is 0 Å². The van der Waals surface area contributed by atoms with Gasteiger partial charge in [0.2, 0.25) is 0 Å². The molecule has 0 saturated carbocycles. The SMILES string of the molecule is CN(c1ccccc1)c1cccc2c1c1ccccc1n2C. The molecule has 0 fully saturated rings. The monoisotopic (exact) mass is 286 g/mol. The molecule has 1 aromatic heterocycles. The van der Waals surface area contributed by atoms with Crippen LogP contribution in [0.3, 0.4) is 0 Å². The summed E-state index contributed by atoms with van der Waals surface area (Å²) in [4.78, 5) is 2.26. The summed E-state index contributed by atoms with van der Waals surface area (Å²) in [5.74, 6) is 0. The lowest BCUT2D eigenvalue weighted by Crippen LogP contribution is -2.09. The van der Waals surface area contributed by atoms with Crippen LogP contribution >= 0.6 is 0 Å². The molecule has 0 radical (unpaired) electrons. The van der Waals surface area contributed by atoms with E-state index in [4.69, 9.17) is 0 Å². The highest BCUT2D eigenvalue weighted by Crippen LogP contribution is 2.37. The topological polar surface area (TPSA) is 8.17 Å². The van der Waals surface area contributed by atoms with Gasteiger partial charge in [-0.25, -0.2) is 0 Å². The molecular weight excluding hydrogens is 268 g/mol. The number of rotatable bonds is 2. The second kappa shape index (κ2) is 4.92. The molecule has 22 heavy (non-hydrogen) atoms. The van der Waals surface area contributed by atoms with Crippen molar-refractivity contribution >= 4 is 33.2 Å². The first-order chi connectivity index (χ1) is 10.8. The largest absolute Gasteiger partial charge is 0.344 e. The van der Waals surface area contributed by atoms with Gasteiger partial charge in [0.05, 0.1) is 11.2 Å². The van der Waals surface area contributed by atoms with E-state index in [1.54, 1.807) is 0 Å². The van der Waals surface area contributed by atoms with E-state index in [2.05, 4.69) is 96.4 Å². The predicted octanol–water partition coefficient (Wildman–Crippen LogP) is 5.10. The number of aromatic nitrogens is 1. The maximum atomic E-state index is 2.27. The van der Waals surface area contributed by atoms with Crippen LogP contribution in [0.25, 0.3) is 21.8 Å². The Hall–Kier alpha value is -2.74. The average molecular weight is 286 g/mol. The lowest BCUT2D eigenvalue weighted by Gasteiger charge is -2.20. The number of anilines is 2. The van der Waals surface area contributed by atoms with Crippen LogP contribution in [0, 0.1) is 0 Å². The van der Waals surface area contributed by atoms with Gasteiger partial charge in [0.1, 0.15) is 0 Å². The normalized spacial score (nSPS) is 11.2. The summed E-state index contributed by atoms with van der Waals surface area (Å²) < 4.78 is 2.27. The summed E-state index contributed by atoms with van der Waals surface area (Å²) >= 11 is 0. The van der Waals surface area contributed by atoms with E-state index in [1.807, 2.05) is 0 Å². The highest BCUT2D eigenvalue weighted by Gasteiger charge is 2.14. The Morgan fingerprint density at radius 3 is 2.23 bits per heavy atom. The van der Waals surface area contributed by atoms with E-state index in [1.165, 1.54) is 33.2 Å². The number of hydrogen-bond acceptors (Lipinski definition) is 1. The summed E-state index contributed by atoms with van der Waals surface area (Å²) in [6, 6.07) is 25.6. The fourth-order valence-electron chi connectivity index (χ4n) is 3.26. The molecule has 0 spiro atoms. The van der Waals surface area contributed by atoms with Crippen molar-refractivity contribution in [3.63, 3.8) is 0 Å². The molecule has 0 aliphatic carbocycles. The molecule has 0 aliphatic heterocycles. The zero-order valence-electron chi connectivity index (χ0n) is 12.8. The minimum atomic E-state index is 1.20. The van der Waals surface area contributed by atoms with Crippen LogP contribution in [0.1, 0.15) is 0 Å². The Labute approximate surface area is 130 Å². The first-order valence-electron chi connectivity index (χ1n) is 7.52. The zero-order chi connectivity index (χ0) is 15.1. The van der Waals surface area contributed by atoms with Crippen molar-refractivity contribution in [2.24, 2.45) is 7.05 Å². The Morgan fingerprint density at radius 2 is 1.41 bits per heavy atom. The van der Waals surface area contributed by atoms with Crippen molar-refractivity contribution in [2.45, 2.75) is 0 Å².